The van der Waals surface area contributed by atoms with Crippen LogP contribution in [0, 0.1) is 12.8 Å². The van der Waals surface area contributed by atoms with Crippen LogP contribution in [-0.2, 0) is 0 Å². The Hall–Kier alpha value is -1.34. The van der Waals surface area contributed by atoms with Gasteiger partial charge in [0, 0.05) is 16.5 Å². The number of carbonyl (C=O) groups excluding carboxylic acids is 1. The molecule has 1 aromatic carbocycles. The normalized spacial score (nSPS) is 19.0. The van der Waals surface area contributed by atoms with E-state index in [1.54, 1.807) is 6.07 Å². The second kappa shape index (κ2) is 4.89. The number of allylic oxidation sites excluding steroid dienone is 4. The highest BCUT2D eigenvalue weighted by Crippen LogP contribution is 2.24. The fraction of sp³-hybridized carbons (Fsp3) is 0.267. The lowest BCUT2D eigenvalue weighted by atomic mass is 9.88. The minimum absolute atomic E-state index is 0.0455. The predicted molar refractivity (Wildman–Crippen MR) is 71.5 cm³/mol. The van der Waals surface area contributed by atoms with E-state index >= 15 is 0 Å². The van der Waals surface area contributed by atoms with E-state index in [4.69, 9.17) is 11.6 Å². The van der Waals surface area contributed by atoms with Crippen molar-refractivity contribution >= 4 is 17.4 Å². The molecule has 0 saturated heterocycles. The Morgan fingerprint density at radius 1 is 1.35 bits per heavy atom. The number of hydrogen-bond donors (Lipinski definition) is 0. The molecule has 2 rings (SSSR count). The predicted octanol–water partition coefficient (Wildman–Crippen LogP) is 4.35. The molecular formula is C15H15ClO. The molecule has 0 spiro atoms. The number of benzene rings is 1. The molecule has 0 aliphatic heterocycles. The molecule has 88 valence electrons. The van der Waals surface area contributed by atoms with E-state index in [0.29, 0.717) is 5.02 Å². The Morgan fingerprint density at radius 2 is 2.12 bits per heavy atom. The lowest BCUT2D eigenvalue weighted by molar-refractivity contribution is 0.0945. The molecule has 2 heteroatoms. The van der Waals surface area contributed by atoms with Crippen molar-refractivity contribution in [3.63, 3.8) is 0 Å². The molecule has 0 fully saturated rings. The zero-order valence-electron chi connectivity index (χ0n) is 10.0. The van der Waals surface area contributed by atoms with Crippen LogP contribution in [0.1, 0.15) is 29.3 Å². The van der Waals surface area contributed by atoms with Crippen molar-refractivity contribution in [1.82, 2.24) is 0 Å². The first-order chi connectivity index (χ1) is 8.08. The zero-order chi connectivity index (χ0) is 12.4. The summed E-state index contributed by atoms with van der Waals surface area (Å²) in [4.78, 5) is 12.3. The molecule has 0 bridgehead atoms. The summed E-state index contributed by atoms with van der Waals surface area (Å²) < 4.78 is 0. The summed E-state index contributed by atoms with van der Waals surface area (Å²) in [5.41, 5.74) is 2.94. The number of Topliss-reactive ketones (excluding diaryl/α,β-unsaturated/α-hetero) is 1. The molecule has 0 radical (unpaired) electrons. The first-order valence-electron chi connectivity index (χ1n) is 5.73. The number of aryl methyl sites for hydroxylation is 1. The summed E-state index contributed by atoms with van der Waals surface area (Å²) in [6.45, 7) is 3.99. The summed E-state index contributed by atoms with van der Waals surface area (Å²) in [7, 11) is 0. The molecule has 1 unspecified atom stereocenters. The third-order valence-electron chi connectivity index (χ3n) is 3.09. The van der Waals surface area contributed by atoms with Gasteiger partial charge in [-0.2, -0.15) is 0 Å². The van der Waals surface area contributed by atoms with Gasteiger partial charge < -0.3 is 0 Å². The van der Waals surface area contributed by atoms with E-state index in [0.717, 1.165) is 17.5 Å². The van der Waals surface area contributed by atoms with Crippen LogP contribution < -0.4 is 0 Å². The fourth-order valence-corrected chi connectivity index (χ4v) is 2.15. The third-order valence-corrected chi connectivity index (χ3v) is 3.32. The van der Waals surface area contributed by atoms with Gasteiger partial charge in [-0.05, 0) is 38.0 Å². The van der Waals surface area contributed by atoms with Crippen molar-refractivity contribution in [3.05, 3.63) is 58.1 Å². The van der Waals surface area contributed by atoms with E-state index in [-0.39, 0.29) is 11.7 Å². The molecule has 1 nitrogen and oxygen atoms in total. The van der Waals surface area contributed by atoms with Crippen LogP contribution in [0.15, 0.2) is 42.0 Å². The Kier molecular flexibility index (Phi) is 3.49. The molecule has 1 atom stereocenters. The second-order valence-electron chi connectivity index (χ2n) is 4.47. The first kappa shape index (κ1) is 12.1. The highest BCUT2D eigenvalue weighted by atomic mass is 35.5. The monoisotopic (exact) mass is 246 g/mol. The van der Waals surface area contributed by atoms with E-state index in [1.165, 1.54) is 5.57 Å². The largest absolute Gasteiger partial charge is 0.293 e. The van der Waals surface area contributed by atoms with Crippen molar-refractivity contribution in [2.24, 2.45) is 5.92 Å². The first-order valence-corrected chi connectivity index (χ1v) is 6.11. The SMILES string of the molecule is CC1=CCC(C(=O)c2cc(Cl)ccc2C)C=C1. The molecule has 17 heavy (non-hydrogen) atoms. The van der Waals surface area contributed by atoms with Crippen LogP contribution in [0.4, 0.5) is 0 Å². The Morgan fingerprint density at radius 3 is 2.76 bits per heavy atom. The molecule has 0 aromatic heterocycles. The van der Waals surface area contributed by atoms with Gasteiger partial charge in [0.05, 0.1) is 0 Å². The van der Waals surface area contributed by atoms with E-state index in [1.807, 2.05) is 38.1 Å². The van der Waals surface area contributed by atoms with Gasteiger partial charge in [-0.3, -0.25) is 4.79 Å². The summed E-state index contributed by atoms with van der Waals surface area (Å²) in [5, 5.41) is 0.616. The summed E-state index contributed by atoms with van der Waals surface area (Å²) in [6.07, 6.45) is 6.87. The maximum atomic E-state index is 12.3. The van der Waals surface area contributed by atoms with Gasteiger partial charge in [0.1, 0.15) is 0 Å². The summed E-state index contributed by atoms with van der Waals surface area (Å²) in [5.74, 6) is 0.112. The maximum Gasteiger partial charge on any atom is 0.170 e. The molecular weight excluding hydrogens is 232 g/mol. The molecule has 0 amide bonds. The van der Waals surface area contributed by atoms with Gasteiger partial charge in [-0.15, -0.1) is 0 Å². The standard InChI is InChI=1S/C15H15ClO/c1-10-3-6-12(7-4-10)15(17)14-9-13(16)8-5-11(14)2/h3-6,8-9,12H,7H2,1-2H3. The van der Waals surface area contributed by atoms with Crippen LogP contribution in [0.5, 0.6) is 0 Å². The van der Waals surface area contributed by atoms with Crippen LogP contribution in [0.2, 0.25) is 5.02 Å². The van der Waals surface area contributed by atoms with Crippen LogP contribution >= 0.6 is 11.6 Å². The van der Waals surface area contributed by atoms with Crippen molar-refractivity contribution in [3.8, 4) is 0 Å². The third kappa shape index (κ3) is 2.67. The van der Waals surface area contributed by atoms with E-state index in [2.05, 4.69) is 6.08 Å². The highest BCUT2D eigenvalue weighted by Gasteiger charge is 2.19. The summed E-state index contributed by atoms with van der Waals surface area (Å²) in [6, 6.07) is 5.47. The van der Waals surface area contributed by atoms with Crippen LogP contribution in [0.25, 0.3) is 0 Å². The minimum atomic E-state index is -0.0455. The van der Waals surface area contributed by atoms with E-state index < -0.39 is 0 Å². The van der Waals surface area contributed by atoms with Crippen molar-refractivity contribution in [1.29, 1.82) is 0 Å². The van der Waals surface area contributed by atoms with Gasteiger partial charge in [0.2, 0.25) is 0 Å². The molecule has 0 saturated carbocycles. The highest BCUT2D eigenvalue weighted by molar-refractivity contribution is 6.31. The lowest BCUT2D eigenvalue weighted by Gasteiger charge is -2.15. The molecule has 1 aliphatic carbocycles. The molecule has 0 N–H and O–H groups in total. The Balaban J connectivity index is 2.26. The summed E-state index contributed by atoms with van der Waals surface area (Å²) >= 11 is 5.94. The smallest absolute Gasteiger partial charge is 0.170 e. The van der Waals surface area contributed by atoms with Crippen molar-refractivity contribution < 1.29 is 4.79 Å². The Bertz CT molecular complexity index is 512. The van der Waals surface area contributed by atoms with Crippen LogP contribution in [0.3, 0.4) is 0 Å². The molecule has 0 heterocycles. The number of rotatable bonds is 2. The van der Waals surface area contributed by atoms with Gasteiger partial charge in [0.25, 0.3) is 0 Å². The lowest BCUT2D eigenvalue weighted by Crippen LogP contribution is -2.14. The fourth-order valence-electron chi connectivity index (χ4n) is 1.98. The van der Waals surface area contributed by atoms with Gasteiger partial charge in [-0.25, -0.2) is 0 Å². The second-order valence-corrected chi connectivity index (χ2v) is 4.91. The van der Waals surface area contributed by atoms with Crippen LogP contribution in [-0.4, -0.2) is 5.78 Å². The number of carbonyl (C=O) groups is 1. The topological polar surface area (TPSA) is 17.1 Å². The minimum Gasteiger partial charge on any atom is -0.293 e. The average molecular weight is 247 g/mol. The Labute approximate surface area is 107 Å². The quantitative estimate of drug-likeness (QED) is 0.709. The average Bonchev–Trinajstić information content (AvgIpc) is 2.32. The number of hydrogen-bond acceptors (Lipinski definition) is 1. The van der Waals surface area contributed by atoms with Crippen molar-refractivity contribution in [2.75, 3.05) is 0 Å². The number of halogens is 1. The zero-order valence-corrected chi connectivity index (χ0v) is 10.8. The van der Waals surface area contributed by atoms with Gasteiger partial charge in [0.15, 0.2) is 5.78 Å². The molecule has 1 aromatic rings. The van der Waals surface area contributed by atoms with Crippen molar-refractivity contribution in [2.45, 2.75) is 20.3 Å². The molecule has 1 aliphatic rings. The van der Waals surface area contributed by atoms with E-state index in [9.17, 15) is 4.79 Å². The number of ketones is 1. The van der Waals surface area contributed by atoms with Gasteiger partial charge >= 0.3 is 0 Å². The van der Waals surface area contributed by atoms with Gasteiger partial charge in [-0.1, -0.05) is 41.5 Å². The maximum absolute atomic E-state index is 12.3.